The highest BCUT2D eigenvalue weighted by Crippen LogP contribution is 2.32. The van der Waals surface area contributed by atoms with E-state index in [0.717, 1.165) is 40.7 Å². The topological polar surface area (TPSA) is 61.4 Å². The minimum Gasteiger partial charge on any atom is -0.386 e. The first kappa shape index (κ1) is 19.1. The highest BCUT2D eigenvalue weighted by molar-refractivity contribution is 7.91. The van der Waals surface area contributed by atoms with Gasteiger partial charge in [0.05, 0.1) is 22.9 Å². The lowest BCUT2D eigenvalue weighted by Crippen LogP contribution is -2.40. The first-order chi connectivity index (χ1) is 13.5. The Hall–Kier alpha value is -2.21. The summed E-state index contributed by atoms with van der Waals surface area (Å²) in [5.74, 6) is 1.29. The van der Waals surface area contributed by atoms with Gasteiger partial charge in [0.1, 0.15) is 0 Å². The molecule has 0 amide bonds. The van der Waals surface area contributed by atoms with Crippen molar-refractivity contribution in [3.63, 3.8) is 0 Å². The summed E-state index contributed by atoms with van der Waals surface area (Å²) in [4.78, 5) is 2.16. The van der Waals surface area contributed by atoms with Gasteiger partial charge >= 0.3 is 0 Å². The van der Waals surface area contributed by atoms with Crippen molar-refractivity contribution in [1.82, 2.24) is 0 Å². The van der Waals surface area contributed by atoms with Crippen LogP contribution >= 0.6 is 0 Å². The van der Waals surface area contributed by atoms with E-state index in [1.807, 2.05) is 7.05 Å². The normalized spacial score (nSPS) is 19.1. The number of sulfone groups is 1. The monoisotopic (exact) mass is 399 g/mol. The summed E-state index contributed by atoms with van der Waals surface area (Å²) < 4.78 is 23.4. The molecule has 0 bridgehead atoms. The standard InChI is InChI=1S/C22H29N3O2S/c1-23-22-15-19(8-9-21(22)24-16-17-4-2-5-17)18-6-3-7-20(14-18)25-10-12-28(26,27)13-11-25/h3,6-9,14-15,17,23-24H,2,4-5,10-13,16H2,1H3. The smallest absolute Gasteiger partial charge is 0.153 e. The molecule has 150 valence electrons. The molecule has 6 heteroatoms. The van der Waals surface area contributed by atoms with E-state index in [-0.39, 0.29) is 11.5 Å². The maximum Gasteiger partial charge on any atom is 0.153 e. The largest absolute Gasteiger partial charge is 0.386 e. The predicted molar refractivity (Wildman–Crippen MR) is 118 cm³/mol. The molecule has 1 aliphatic heterocycles. The molecule has 4 rings (SSSR count). The quantitative estimate of drug-likeness (QED) is 0.773. The molecule has 2 aromatic rings. The molecule has 1 aliphatic carbocycles. The third kappa shape index (κ3) is 4.27. The summed E-state index contributed by atoms with van der Waals surface area (Å²) in [5.41, 5.74) is 5.64. The van der Waals surface area contributed by atoms with Crippen LogP contribution in [0.25, 0.3) is 11.1 Å². The summed E-state index contributed by atoms with van der Waals surface area (Å²) in [6.45, 7) is 2.18. The molecule has 0 radical (unpaired) electrons. The van der Waals surface area contributed by atoms with Crippen LogP contribution in [0.5, 0.6) is 0 Å². The van der Waals surface area contributed by atoms with E-state index in [2.05, 4.69) is 58.0 Å². The van der Waals surface area contributed by atoms with E-state index >= 15 is 0 Å². The summed E-state index contributed by atoms with van der Waals surface area (Å²) in [6, 6.07) is 14.9. The van der Waals surface area contributed by atoms with Gasteiger partial charge in [0.15, 0.2) is 9.84 Å². The van der Waals surface area contributed by atoms with Crippen LogP contribution in [0.3, 0.4) is 0 Å². The van der Waals surface area contributed by atoms with Crippen LogP contribution in [0.2, 0.25) is 0 Å². The molecule has 1 heterocycles. The van der Waals surface area contributed by atoms with Gasteiger partial charge in [0.25, 0.3) is 0 Å². The Morgan fingerprint density at radius 2 is 1.75 bits per heavy atom. The highest BCUT2D eigenvalue weighted by Gasteiger charge is 2.22. The van der Waals surface area contributed by atoms with Crippen LogP contribution < -0.4 is 15.5 Å². The van der Waals surface area contributed by atoms with Gasteiger partial charge in [-0.15, -0.1) is 0 Å². The van der Waals surface area contributed by atoms with Crippen molar-refractivity contribution in [1.29, 1.82) is 0 Å². The van der Waals surface area contributed by atoms with Crippen LogP contribution in [0.15, 0.2) is 42.5 Å². The first-order valence-electron chi connectivity index (χ1n) is 10.2. The second-order valence-electron chi connectivity index (χ2n) is 7.88. The van der Waals surface area contributed by atoms with Gasteiger partial charge in [-0.1, -0.05) is 24.6 Å². The second-order valence-corrected chi connectivity index (χ2v) is 10.2. The molecule has 0 spiro atoms. The molecule has 0 unspecified atom stereocenters. The summed E-state index contributed by atoms with van der Waals surface area (Å²) in [7, 11) is -0.910. The summed E-state index contributed by atoms with van der Waals surface area (Å²) in [5, 5.41) is 6.90. The molecule has 0 atom stereocenters. The van der Waals surface area contributed by atoms with E-state index in [9.17, 15) is 8.42 Å². The lowest BCUT2D eigenvalue weighted by Gasteiger charge is -2.29. The van der Waals surface area contributed by atoms with Crippen molar-refractivity contribution in [2.45, 2.75) is 19.3 Å². The molecule has 1 saturated heterocycles. The molecular formula is C22H29N3O2S. The fourth-order valence-corrected chi connectivity index (χ4v) is 5.09. The Bertz CT molecular complexity index is 925. The van der Waals surface area contributed by atoms with Crippen LogP contribution in [-0.4, -0.2) is 46.6 Å². The lowest BCUT2D eigenvalue weighted by atomic mass is 9.85. The molecule has 0 aromatic heterocycles. The average molecular weight is 400 g/mol. The third-order valence-corrected chi connectivity index (χ3v) is 7.59. The molecular weight excluding hydrogens is 370 g/mol. The van der Waals surface area contributed by atoms with Gasteiger partial charge in [0.2, 0.25) is 0 Å². The number of hydrogen-bond acceptors (Lipinski definition) is 5. The molecule has 1 saturated carbocycles. The predicted octanol–water partition coefficient (Wildman–Crippen LogP) is 3.84. The molecule has 28 heavy (non-hydrogen) atoms. The summed E-state index contributed by atoms with van der Waals surface area (Å²) in [6.07, 6.45) is 4.04. The van der Waals surface area contributed by atoms with E-state index in [0.29, 0.717) is 13.1 Å². The van der Waals surface area contributed by atoms with Crippen molar-refractivity contribution in [3.05, 3.63) is 42.5 Å². The van der Waals surface area contributed by atoms with Crippen molar-refractivity contribution >= 4 is 26.9 Å². The number of hydrogen-bond donors (Lipinski definition) is 2. The molecule has 2 aromatic carbocycles. The number of nitrogens with one attached hydrogen (secondary N) is 2. The van der Waals surface area contributed by atoms with E-state index < -0.39 is 9.84 Å². The second kappa shape index (κ2) is 8.03. The Labute approximate surface area is 168 Å². The molecule has 5 nitrogen and oxygen atoms in total. The highest BCUT2D eigenvalue weighted by atomic mass is 32.2. The number of anilines is 3. The zero-order chi connectivity index (χ0) is 19.6. The summed E-state index contributed by atoms with van der Waals surface area (Å²) >= 11 is 0. The number of nitrogens with zero attached hydrogens (tertiary/aromatic N) is 1. The van der Waals surface area contributed by atoms with E-state index in [4.69, 9.17) is 0 Å². The van der Waals surface area contributed by atoms with Gasteiger partial charge in [0, 0.05) is 32.4 Å². The lowest BCUT2D eigenvalue weighted by molar-refractivity contribution is 0.333. The van der Waals surface area contributed by atoms with Crippen molar-refractivity contribution in [2.24, 2.45) is 5.92 Å². The maximum absolute atomic E-state index is 11.7. The van der Waals surface area contributed by atoms with E-state index in [1.54, 1.807) is 0 Å². The van der Waals surface area contributed by atoms with Crippen molar-refractivity contribution < 1.29 is 8.42 Å². The van der Waals surface area contributed by atoms with Gasteiger partial charge in [-0.3, -0.25) is 0 Å². The minimum atomic E-state index is -2.87. The Kier molecular flexibility index (Phi) is 5.49. The van der Waals surface area contributed by atoms with Gasteiger partial charge < -0.3 is 15.5 Å². The van der Waals surface area contributed by atoms with Crippen molar-refractivity contribution in [2.75, 3.05) is 53.7 Å². The fourth-order valence-electron chi connectivity index (χ4n) is 3.89. The van der Waals surface area contributed by atoms with Gasteiger partial charge in [-0.2, -0.15) is 0 Å². The maximum atomic E-state index is 11.7. The third-order valence-electron chi connectivity index (χ3n) is 5.98. The zero-order valence-electron chi connectivity index (χ0n) is 16.4. The van der Waals surface area contributed by atoms with Crippen LogP contribution in [0, 0.1) is 5.92 Å². The Balaban J connectivity index is 1.52. The minimum absolute atomic E-state index is 0.239. The van der Waals surface area contributed by atoms with Gasteiger partial charge in [-0.25, -0.2) is 8.42 Å². The number of rotatable bonds is 6. The fraction of sp³-hybridized carbons (Fsp3) is 0.455. The van der Waals surface area contributed by atoms with Gasteiger partial charge in [-0.05, 0) is 54.2 Å². The average Bonchev–Trinajstić information content (AvgIpc) is 2.67. The van der Waals surface area contributed by atoms with Crippen LogP contribution in [-0.2, 0) is 9.84 Å². The first-order valence-corrected chi connectivity index (χ1v) is 12.0. The molecule has 2 fully saturated rings. The number of benzene rings is 2. The van der Waals surface area contributed by atoms with E-state index in [1.165, 1.54) is 19.3 Å². The van der Waals surface area contributed by atoms with Crippen LogP contribution in [0.1, 0.15) is 19.3 Å². The Morgan fingerprint density at radius 1 is 1.00 bits per heavy atom. The van der Waals surface area contributed by atoms with Crippen molar-refractivity contribution in [3.8, 4) is 11.1 Å². The molecule has 2 N–H and O–H groups in total. The SMILES string of the molecule is CNc1cc(-c2cccc(N3CCS(=O)(=O)CC3)c2)ccc1NCC1CCC1. The zero-order valence-corrected chi connectivity index (χ0v) is 17.3. The molecule has 2 aliphatic rings. The van der Waals surface area contributed by atoms with Crippen LogP contribution in [0.4, 0.5) is 17.1 Å². The Morgan fingerprint density at radius 3 is 2.43 bits per heavy atom.